The van der Waals surface area contributed by atoms with Crippen molar-refractivity contribution in [2.75, 3.05) is 0 Å². The number of nitrogens with zero attached hydrogens (tertiary/aromatic N) is 5. The molecule has 0 spiro atoms. The smallest absolute Gasteiger partial charge is 0.265 e. The van der Waals surface area contributed by atoms with Crippen LogP contribution in [0.15, 0.2) is 59.4 Å². The average molecular weight is 412 g/mol. The van der Waals surface area contributed by atoms with Gasteiger partial charge in [-0.15, -0.1) is 0 Å². The lowest BCUT2D eigenvalue weighted by Gasteiger charge is -2.12. The highest BCUT2D eigenvalue weighted by Gasteiger charge is 2.22. The third-order valence-corrected chi connectivity index (χ3v) is 5.76. The van der Waals surface area contributed by atoms with Crippen molar-refractivity contribution in [3.8, 4) is 5.69 Å². The summed E-state index contributed by atoms with van der Waals surface area (Å²) in [6, 6.07) is 17.7. The van der Waals surface area contributed by atoms with Gasteiger partial charge in [0, 0.05) is 18.7 Å². The molecule has 3 heterocycles. The molecule has 5 rings (SSSR count). The average Bonchev–Trinajstić information content (AvgIpc) is 3.12. The van der Waals surface area contributed by atoms with Crippen LogP contribution in [0.25, 0.3) is 38.9 Å². The number of para-hydroxylation sites is 3. The first-order chi connectivity index (χ1) is 15.2. The summed E-state index contributed by atoms with van der Waals surface area (Å²) in [5.41, 5.74) is 4.38. The summed E-state index contributed by atoms with van der Waals surface area (Å²) < 4.78 is 3.81. The fourth-order valence-corrected chi connectivity index (χ4v) is 4.21. The SMILES string of the molecule is CCCCCn1c(CC)nc2c(c1=O)c1nc3ccccc3nc1n2-c1ccccc1. The standard InChI is InChI=1S/C25H25N5O/c1-3-5-11-16-29-20(4-2)28-23-21(25(29)31)22-24(30(23)17-12-7-6-8-13-17)27-19-15-10-9-14-18(19)26-22/h6-10,12-15H,3-5,11,16H2,1-2H3. The summed E-state index contributed by atoms with van der Waals surface area (Å²) in [6.07, 6.45) is 3.85. The van der Waals surface area contributed by atoms with E-state index in [0.29, 0.717) is 35.2 Å². The largest absolute Gasteiger partial charge is 0.296 e. The zero-order chi connectivity index (χ0) is 21.4. The van der Waals surface area contributed by atoms with E-state index in [4.69, 9.17) is 15.0 Å². The number of unbranched alkanes of at least 4 members (excludes halogenated alkanes) is 2. The molecular weight excluding hydrogens is 386 g/mol. The molecule has 0 fully saturated rings. The monoisotopic (exact) mass is 411 g/mol. The Morgan fingerprint density at radius 1 is 0.806 bits per heavy atom. The predicted molar refractivity (Wildman–Crippen MR) is 125 cm³/mol. The van der Waals surface area contributed by atoms with Crippen LogP contribution in [0.3, 0.4) is 0 Å². The van der Waals surface area contributed by atoms with Gasteiger partial charge in [0.1, 0.15) is 16.7 Å². The van der Waals surface area contributed by atoms with E-state index >= 15 is 0 Å². The first-order valence-corrected chi connectivity index (χ1v) is 11.0. The highest BCUT2D eigenvalue weighted by molar-refractivity contribution is 6.05. The van der Waals surface area contributed by atoms with E-state index in [9.17, 15) is 4.79 Å². The Hall–Kier alpha value is -3.54. The normalized spacial score (nSPS) is 11.7. The number of hydrogen-bond donors (Lipinski definition) is 0. The summed E-state index contributed by atoms with van der Waals surface area (Å²) in [4.78, 5) is 28.5. The van der Waals surface area contributed by atoms with Crippen LogP contribution in [-0.2, 0) is 13.0 Å². The topological polar surface area (TPSA) is 65.6 Å². The van der Waals surface area contributed by atoms with E-state index in [1.807, 2.05) is 70.7 Å². The zero-order valence-electron chi connectivity index (χ0n) is 17.9. The van der Waals surface area contributed by atoms with Crippen LogP contribution < -0.4 is 5.56 Å². The number of aromatic nitrogens is 5. The first-order valence-electron chi connectivity index (χ1n) is 11.0. The highest BCUT2D eigenvalue weighted by Crippen LogP contribution is 2.28. The molecule has 0 atom stereocenters. The Morgan fingerprint density at radius 3 is 2.23 bits per heavy atom. The van der Waals surface area contributed by atoms with E-state index in [-0.39, 0.29) is 5.56 Å². The second-order valence-corrected chi connectivity index (χ2v) is 7.80. The molecule has 5 aromatic rings. The molecule has 156 valence electrons. The van der Waals surface area contributed by atoms with Crippen molar-refractivity contribution in [2.24, 2.45) is 0 Å². The van der Waals surface area contributed by atoms with Crippen molar-refractivity contribution in [1.29, 1.82) is 0 Å². The van der Waals surface area contributed by atoms with Gasteiger partial charge in [-0.2, -0.15) is 0 Å². The van der Waals surface area contributed by atoms with Gasteiger partial charge in [0.25, 0.3) is 5.56 Å². The number of fused-ring (bicyclic) bond motifs is 4. The molecule has 0 bridgehead atoms. The predicted octanol–water partition coefficient (Wildman–Crippen LogP) is 5.04. The molecule has 0 saturated carbocycles. The van der Waals surface area contributed by atoms with Crippen molar-refractivity contribution in [3.63, 3.8) is 0 Å². The van der Waals surface area contributed by atoms with Crippen molar-refractivity contribution in [1.82, 2.24) is 24.1 Å². The van der Waals surface area contributed by atoms with Crippen molar-refractivity contribution < 1.29 is 0 Å². The lowest BCUT2D eigenvalue weighted by atomic mass is 10.2. The maximum atomic E-state index is 13.7. The molecule has 31 heavy (non-hydrogen) atoms. The Kier molecular flexibility index (Phi) is 4.98. The van der Waals surface area contributed by atoms with E-state index in [0.717, 1.165) is 41.8 Å². The van der Waals surface area contributed by atoms with Crippen LogP contribution >= 0.6 is 0 Å². The molecule has 0 aliphatic rings. The van der Waals surface area contributed by atoms with Crippen molar-refractivity contribution >= 4 is 33.2 Å². The Labute approximate surface area is 180 Å². The first kappa shape index (κ1) is 19.4. The summed E-state index contributed by atoms with van der Waals surface area (Å²) in [7, 11) is 0. The summed E-state index contributed by atoms with van der Waals surface area (Å²) in [6.45, 7) is 4.89. The summed E-state index contributed by atoms with van der Waals surface area (Å²) in [5.74, 6) is 0.804. The van der Waals surface area contributed by atoms with Crippen molar-refractivity contribution in [2.45, 2.75) is 46.1 Å². The van der Waals surface area contributed by atoms with Gasteiger partial charge in [0.15, 0.2) is 11.3 Å². The van der Waals surface area contributed by atoms with Crippen LogP contribution in [0.5, 0.6) is 0 Å². The third-order valence-electron chi connectivity index (χ3n) is 5.76. The molecular formula is C25H25N5O. The molecule has 0 aliphatic carbocycles. The maximum Gasteiger partial charge on any atom is 0.265 e. The van der Waals surface area contributed by atoms with Crippen LogP contribution in [0.4, 0.5) is 0 Å². The van der Waals surface area contributed by atoms with Gasteiger partial charge in [-0.1, -0.05) is 57.0 Å². The third kappa shape index (κ3) is 3.19. The Bertz CT molecular complexity index is 1450. The molecule has 0 aliphatic heterocycles. The number of benzene rings is 2. The highest BCUT2D eigenvalue weighted by atomic mass is 16.1. The van der Waals surface area contributed by atoms with Gasteiger partial charge in [-0.05, 0) is 30.7 Å². The fraction of sp³-hybridized carbons (Fsp3) is 0.280. The summed E-state index contributed by atoms with van der Waals surface area (Å²) in [5, 5.41) is 0.547. The molecule has 0 amide bonds. The Morgan fingerprint density at radius 2 is 1.52 bits per heavy atom. The molecule has 3 aromatic heterocycles. The molecule has 2 aromatic carbocycles. The zero-order valence-corrected chi connectivity index (χ0v) is 17.9. The van der Waals surface area contributed by atoms with E-state index in [2.05, 4.69) is 6.92 Å². The van der Waals surface area contributed by atoms with E-state index in [1.54, 1.807) is 0 Å². The lowest BCUT2D eigenvalue weighted by molar-refractivity contribution is 0.560. The van der Waals surface area contributed by atoms with Gasteiger partial charge in [-0.3, -0.25) is 13.9 Å². The molecule has 6 nitrogen and oxygen atoms in total. The molecule has 0 unspecified atom stereocenters. The molecule has 6 heteroatoms. The minimum Gasteiger partial charge on any atom is -0.296 e. The number of hydrogen-bond acceptors (Lipinski definition) is 4. The van der Waals surface area contributed by atoms with Gasteiger partial charge >= 0.3 is 0 Å². The van der Waals surface area contributed by atoms with Crippen LogP contribution in [-0.4, -0.2) is 24.1 Å². The maximum absolute atomic E-state index is 13.7. The van der Waals surface area contributed by atoms with Gasteiger partial charge in [0.05, 0.1) is 11.0 Å². The van der Waals surface area contributed by atoms with Crippen LogP contribution in [0.2, 0.25) is 0 Å². The van der Waals surface area contributed by atoms with Gasteiger partial charge < -0.3 is 0 Å². The van der Waals surface area contributed by atoms with Crippen LogP contribution in [0, 0.1) is 0 Å². The van der Waals surface area contributed by atoms with Gasteiger partial charge in [-0.25, -0.2) is 15.0 Å². The Balaban J connectivity index is 1.92. The second-order valence-electron chi connectivity index (χ2n) is 7.80. The quantitative estimate of drug-likeness (QED) is 0.367. The van der Waals surface area contributed by atoms with Gasteiger partial charge in [0.2, 0.25) is 0 Å². The lowest BCUT2D eigenvalue weighted by Crippen LogP contribution is -2.25. The van der Waals surface area contributed by atoms with E-state index in [1.165, 1.54) is 0 Å². The molecule has 0 N–H and O–H groups in total. The fourth-order valence-electron chi connectivity index (χ4n) is 4.21. The number of aryl methyl sites for hydroxylation is 1. The minimum absolute atomic E-state index is 0.0257. The second kappa shape index (κ2) is 7.95. The molecule has 0 radical (unpaired) electrons. The molecule has 0 saturated heterocycles. The minimum atomic E-state index is -0.0257. The summed E-state index contributed by atoms with van der Waals surface area (Å²) >= 11 is 0. The van der Waals surface area contributed by atoms with Crippen molar-refractivity contribution in [3.05, 3.63) is 70.8 Å². The number of rotatable bonds is 6. The van der Waals surface area contributed by atoms with E-state index < -0.39 is 0 Å². The van der Waals surface area contributed by atoms with Crippen LogP contribution in [0.1, 0.15) is 38.9 Å².